The standard InChI is InChI=1S/C26H20N4O5/c1-34-20-7-10-24(25(13-20)30(32)33)29-26(31)18(14-27)11-19-15-28-23-9-8-21(12-22(19)23)35-16-17-5-3-2-4-6-17/h2-13,15,28H,16H2,1H3,(H,29,31)/b18-11+. The number of amides is 1. The van der Waals surface area contributed by atoms with E-state index < -0.39 is 10.8 Å². The van der Waals surface area contributed by atoms with Gasteiger partial charge in [0.1, 0.15) is 35.4 Å². The highest BCUT2D eigenvalue weighted by atomic mass is 16.6. The molecular weight excluding hydrogens is 448 g/mol. The van der Waals surface area contributed by atoms with E-state index in [0.29, 0.717) is 17.9 Å². The summed E-state index contributed by atoms with van der Waals surface area (Å²) in [6.07, 6.45) is 3.09. The summed E-state index contributed by atoms with van der Waals surface area (Å²) in [6, 6.07) is 21.1. The molecule has 35 heavy (non-hydrogen) atoms. The van der Waals surface area contributed by atoms with Gasteiger partial charge in [-0.15, -0.1) is 0 Å². The number of fused-ring (bicyclic) bond motifs is 1. The molecule has 2 N–H and O–H groups in total. The number of hydrogen-bond acceptors (Lipinski definition) is 6. The maximum atomic E-state index is 12.8. The Bertz CT molecular complexity index is 1470. The van der Waals surface area contributed by atoms with Gasteiger partial charge in [-0.1, -0.05) is 30.3 Å². The molecule has 0 spiro atoms. The number of methoxy groups -OCH3 is 1. The summed E-state index contributed by atoms with van der Waals surface area (Å²) in [5, 5.41) is 24.2. The van der Waals surface area contributed by atoms with Gasteiger partial charge in [-0.05, 0) is 42.0 Å². The minimum Gasteiger partial charge on any atom is -0.496 e. The molecule has 0 saturated heterocycles. The average molecular weight is 468 g/mol. The van der Waals surface area contributed by atoms with Crippen LogP contribution in [0.1, 0.15) is 11.1 Å². The number of benzene rings is 3. The normalized spacial score (nSPS) is 11.0. The molecule has 9 heteroatoms. The first-order valence-electron chi connectivity index (χ1n) is 10.5. The highest BCUT2D eigenvalue weighted by Gasteiger charge is 2.19. The fraction of sp³-hybridized carbons (Fsp3) is 0.0769. The van der Waals surface area contributed by atoms with Crippen LogP contribution in [0.15, 0.2) is 78.5 Å². The maximum Gasteiger partial charge on any atom is 0.296 e. The lowest BCUT2D eigenvalue weighted by atomic mass is 10.1. The Morgan fingerprint density at radius 1 is 1.14 bits per heavy atom. The van der Waals surface area contributed by atoms with E-state index in [1.807, 2.05) is 54.6 Å². The Labute approximate surface area is 200 Å². The molecule has 0 aliphatic carbocycles. The number of nitriles is 1. The van der Waals surface area contributed by atoms with Crippen LogP contribution in [0.25, 0.3) is 17.0 Å². The molecule has 1 aromatic heterocycles. The van der Waals surface area contributed by atoms with Gasteiger partial charge in [-0.3, -0.25) is 14.9 Å². The van der Waals surface area contributed by atoms with Crippen molar-refractivity contribution >= 4 is 34.3 Å². The molecule has 0 fully saturated rings. The van der Waals surface area contributed by atoms with E-state index in [9.17, 15) is 20.2 Å². The summed E-state index contributed by atoms with van der Waals surface area (Å²) in [7, 11) is 1.38. The number of H-pyrrole nitrogens is 1. The van der Waals surface area contributed by atoms with Gasteiger partial charge in [-0.2, -0.15) is 5.26 Å². The van der Waals surface area contributed by atoms with Gasteiger partial charge in [-0.25, -0.2) is 0 Å². The van der Waals surface area contributed by atoms with Crippen LogP contribution < -0.4 is 14.8 Å². The SMILES string of the molecule is COc1ccc(NC(=O)/C(C#N)=C/c2c[nH]c3ccc(OCc4ccccc4)cc23)c([N+](=O)[O-])c1. The van der Waals surface area contributed by atoms with E-state index in [-0.39, 0.29) is 22.7 Å². The van der Waals surface area contributed by atoms with Crippen LogP contribution >= 0.6 is 0 Å². The van der Waals surface area contributed by atoms with Gasteiger partial charge in [0.15, 0.2) is 0 Å². The number of rotatable bonds is 8. The molecule has 4 rings (SSSR count). The number of nitrogens with one attached hydrogen (secondary N) is 2. The van der Waals surface area contributed by atoms with E-state index in [1.165, 1.54) is 31.4 Å². The third kappa shape index (κ3) is 5.29. The van der Waals surface area contributed by atoms with Crippen molar-refractivity contribution in [2.45, 2.75) is 6.61 Å². The smallest absolute Gasteiger partial charge is 0.296 e. The second kappa shape index (κ2) is 10.2. The molecule has 0 saturated carbocycles. The Morgan fingerprint density at radius 2 is 1.91 bits per heavy atom. The Hall–Kier alpha value is -5.10. The number of ether oxygens (including phenoxy) is 2. The molecule has 4 aromatic rings. The summed E-state index contributed by atoms with van der Waals surface area (Å²) in [6.45, 7) is 0.397. The van der Waals surface area contributed by atoms with Crippen molar-refractivity contribution in [2.75, 3.05) is 12.4 Å². The number of nitro groups is 1. The fourth-order valence-electron chi connectivity index (χ4n) is 3.46. The van der Waals surface area contributed by atoms with Crippen molar-refractivity contribution in [1.82, 2.24) is 4.98 Å². The van der Waals surface area contributed by atoms with Crippen molar-refractivity contribution in [1.29, 1.82) is 5.26 Å². The van der Waals surface area contributed by atoms with Crippen molar-refractivity contribution in [3.8, 4) is 17.6 Å². The number of hydrogen-bond donors (Lipinski definition) is 2. The highest BCUT2D eigenvalue weighted by Crippen LogP contribution is 2.30. The van der Waals surface area contributed by atoms with Crippen LogP contribution in [0.4, 0.5) is 11.4 Å². The first kappa shape index (κ1) is 23.1. The van der Waals surface area contributed by atoms with Gasteiger partial charge in [0, 0.05) is 22.7 Å². The number of aromatic nitrogens is 1. The predicted molar refractivity (Wildman–Crippen MR) is 131 cm³/mol. The third-order valence-electron chi connectivity index (χ3n) is 5.25. The quantitative estimate of drug-likeness (QED) is 0.158. The molecule has 174 valence electrons. The molecule has 3 aromatic carbocycles. The Balaban J connectivity index is 1.58. The van der Waals surface area contributed by atoms with Gasteiger partial charge < -0.3 is 19.8 Å². The fourth-order valence-corrected chi connectivity index (χ4v) is 3.46. The van der Waals surface area contributed by atoms with Crippen molar-refractivity contribution < 1.29 is 19.2 Å². The molecule has 0 unspecified atom stereocenters. The summed E-state index contributed by atoms with van der Waals surface area (Å²) in [5.74, 6) is 0.133. The second-order valence-electron chi connectivity index (χ2n) is 7.49. The molecule has 0 radical (unpaired) electrons. The maximum absolute atomic E-state index is 12.8. The van der Waals surface area contributed by atoms with Gasteiger partial charge >= 0.3 is 0 Å². The first-order valence-corrected chi connectivity index (χ1v) is 10.5. The molecule has 1 amide bonds. The van der Waals surface area contributed by atoms with E-state index in [4.69, 9.17) is 9.47 Å². The molecule has 1 heterocycles. The van der Waals surface area contributed by atoms with E-state index in [1.54, 1.807) is 6.20 Å². The van der Waals surface area contributed by atoms with Gasteiger partial charge in [0.25, 0.3) is 11.6 Å². The minimum atomic E-state index is -0.772. The molecule has 0 atom stereocenters. The van der Waals surface area contributed by atoms with E-state index in [2.05, 4.69) is 10.3 Å². The lowest BCUT2D eigenvalue weighted by molar-refractivity contribution is -0.384. The van der Waals surface area contributed by atoms with E-state index in [0.717, 1.165) is 16.5 Å². The lowest BCUT2D eigenvalue weighted by Gasteiger charge is -2.07. The monoisotopic (exact) mass is 468 g/mol. The van der Waals surface area contributed by atoms with Crippen LogP contribution in [0.5, 0.6) is 11.5 Å². The van der Waals surface area contributed by atoms with Crippen LogP contribution in [0.3, 0.4) is 0 Å². The number of carbonyl (C=O) groups excluding carboxylic acids is 1. The predicted octanol–water partition coefficient (Wildman–Crippen LogP) is 5.21. The van der Waals surface area contributed by atoms with Crippen molar-refractivity contribution in [3.05, 3.63) is 99.7 Å². The topological polar surface area (TPSA) is 130 Å². The molecule has 0 aliphatic rings. The minimum absolute atomic E-state index is 0.0440. The average Bonchev–Trinajstić information content (AvgIpc) is 3.28. The number of carbonyl (C=O) groups is 1. The number of nitrogens with zero attached hydrogens (tertiary/aromatic N) is 2. The number of anilines is 1. The lowest BCUT2D eigenvalue weighted by Crippen LogP contribution is -2.14. The van der Waals surface area contributed by atoms with Crippen molar-refractivity contribution in [2.24, 2.45) is 0 Å². The number of nitro benzene ring substituents is 1. The Morgan fingerprint density at radius 3 is 2.63 bits per heavy atom. The van der Waals surface area contributed by atoms with Crippen molar-refractivity contribution in [3.63, 3.8) is 0 Å². The molecule has 0 aliphatic heterocycles. The Kier molecular flexibility index (Phi) is 6.74. The molecule has 9 nitrogen and oxygen atoms in total. The molecular formula is C26H20N4O5. The summed E-state index contributed by atoms with van der Waals surface area (Å²) >= 11 is 0. The summed E-state index contributed by atoms with van der Waals surface area (Å²) in [4.78, 5) is 26.6. The zero-order chi connectivity index (χ0) is 24.8. The summed E-state index contributed by atoms with van der Waals surface area (Å²) < 4.78 is 10.9. The van der Waals surface area contributed by atoms with Crippen LogP contribution in [0.2, 0.25) is 0 Å². The molecule has 0 bridgehead atoms. The highest BCUT2D eigenvalue weighted by molar-refractivity contribution is 6.11. The third-order valence-corrected chi connectivity index (χ3v) is 5.25. The van der Waals surface area contributed by atoms with Crippen LogP contribution in [-0.4, -0.2) is 22.9 Å². The van der Waals surface area contributed by atoms with Crippen LogP contribution in [-0.2, 0) is 11.4 Å². The zero-order valence-electron chi connectivity index (χ0n) is 18.6. The van der Waals surface area contributed by atoms with Crippen LogP contribution in [0, 0.1) is 21.4 Å². The zero-order valence-corrected chi connectivity index (χ0v) is 18.6. The first-order chi connectivity index (χ1) is 17.0. The number of aromatic amines is 1. The second-order valence-corrected chi connectivity index (χ2v) is 7.49. The van der Waals surface area contributed by atoms with Gasteiger partial charge in [0.2, 0.25) is 0 Å². The largest absolute Gasteiger partial charge is 0.496 e. The van der Waals surface area contributed by atoms with Gasteiger partial charge in [0.05, 0.1) is 18.1 Å². The van der Waals surface area contributed by atoms with E-state index >= 15 is 0 Å². The summed E-state index contributed by atoms with van der Waals surface area (Å²) in [5.41, 5.74) is 1.82.